The molecule has 1 aliphatic rings. The molecule has 0 amide bonds. The van der Waals surface area contributed by atoms with Crippen molar-refractivity contribution in [1.82, 2.24) is 9.88 Å². The number of rotatable bonds is 1. The highest BCUT2D eigenvalue weighted by atomic mass is 16.1. The van der Waals surface area contributed by atoms with Gasteiger partial charge in [-0.1, -0.05) is 0 Å². The number of piperidine rings is 1. The summed E-state index contributed by atoms with van der Waals surface area (Å²) in [5.74, 6) is 0.960. The van der Waals surface area contributed by atoms with Crippen LogP contribution in [0.5, 0.6) is 0 Å². The summed E-state index contributed by atoms with van der Waals surface area (Å²) in [7, 11) is 2.13. The fourth-order valence-electron chi connectivity index (χ4n) is 2.16. The van der Waals surface area contributed by atoms with E-state index < -0.39 is 0 Å². The maximum Gasteiger partial charge on any atom is 0.249 e. The second-order valence-corrected chi connectivity index (χ2v) is 4.31. The number of aromatic amines is 1. The van der Waals surface area contributed by atoms with E-state index in [9.17, 15) is 4.79 Å². The standard InChI is InChI=1S/C11H17N3O/c1-14-4-2-8(3-5-14)9-6-10(12)13-11(15)7-9/h6-8H,2-5H2,1H3,(H3,12,13,15). The number of nitrogens with zero attached hydrogens (tertiary/aromatic N) is 1. The first kappa shape index (κ1) is 10.2. The quantitative estimate of drug-likeness (QED) is 0.715. The van der Waals surface area contributed by atoms with Gasteiger partial charge in [-0.3, -0.25) is 4.79 Å². The van der Waals surface area contributed by atoms with Crippen molar-refractivity contribution in [3.05, 3.63) is 28.0 Å². The number of likely N-dealkylation sites (tertiary alicyclic amines) is 1. The maximum absolute atomic E-state index is 11.3. The van der Waals surface area contributed by atoms with Gasteiger partial charge >= 0.3 is 0 Å². The van der Waals surface area contributed by atoms with Crippen LogP contribution in [0.4, 0.5) is 5.82 Å². The van der Waals surface area contributed by atoms with Crippen molar-refractivity contribution in [2.75, 3.05) is 25.9 Å². The van der Waals surface area contributed by atoms with E-state index in [4.69, 9.17) is 5.73 Å². The van der Waals surface area contributed by atoms with Crippen LogP contribution in [0.2, 0.25) is 0 Å². The molecular weight excluding hydrogens is 190 g/mol. The van der Waals surface area contributed by atoms with Crippen molar-refractivity contribution < 1.29 is 0 Å². The second-order valence-electron chi connectivity index (χ2n) is 4.31. The molecule has 0 saturated carbocycles. The lowest BCUT2D eigenvalue weighted by molar-refractivity contribution is 0.255. The van der Waals surface area contributed by atoms with Crippen LogP contribution in [-0.4, -0.2) is 30.0 Å². The average molecular weight is 207 g/mol. The highest BCUT2D eigenvalue weighted by molar-refractivity contribution is 5.34. The van der Waals surface area contributed by atoms with Gasteiger partial charge in [0.2, 0.25) is 5.56 Å². The van der Waals surface area contributed by atoms with Crippen LogP contribution in [0.3, 0.4) is 0 Å². The molecule has 3 N–H and O–H groups in total. The first-order chi connectivity index (χ1) is 7.15. The molecule has 0 aliphatic carbocycles. The molecule has 2 heterocycles. The smallest absolute Gasteiger partial charge is 0.249 e. The third kappa shape index (κ3) is 2.39. The monoisotopic (exact) mass is 207 g/mol. The molecule has 4 heteroatoms. The minimum absolute atomic E-state index is 0.0936. The Balaban J connectivity index is 2.19. The fourth-order valence-corrected chi connectivity index (χ4v) is 2.16. The van der Waals surface area contributed by atoms with Crippen LogP contribution < -0.4 is 11.3 Å². The van der Waals surface area contributed by atoms with E-state index in [1.54, 1.807) is 6.07 Å². The van der Waals surface area contributed by atoms with Crippen LogP contribution in [0.1, 0.15) is 24.3 Å². The number of pyridine rings is 1. The van der Waals surface area contributed by atoms with E-state index in [2.05, 4.69) is 16.9 Å². The zero-order valence-electron chi connectivity index (χ0n) is 8.99. The largest absolute Gasteiger partial charge is 0.385 e. The van der Waals surface area contributed by atoms with Crippen LogP contribution in [0, 0.1) is 0 Å². The highest BCUT2D eigenvalue weighted by Crippen LogP contribution is 2.26. The molecule has 0 spiro atoms. The predicted molar refractivity (Wildman–Crippen MR) is 60.9 cm³/mol. The third-order valence-electron chi connectivity index (χ3n) is 3.08. The van der Waals surface area contributed by atoms with Gasteiger partial charge in [0.05, 0.1) is 0 Å². The number of aromatic nitrogens is 1. The second kappa shape index (κ2) is 4.06. The number of H-pyrrole nitrogens is 1. The average Bonchev–Trinajstić information content (AvgIpc) is 2.17. The number of nitrogens with two attached hydrogens (primary N) is 1. The van der Waals surface area contributed by atoms with Gasteiger partial charge in [-0.15, -0.1) is 0 Å². The van der Waals surface area contributed by atoms with Gasteiger partial charge in [0, 0.05) is 6.07 Å². The number of anilines is 1. The lowest BCUT2D eigenvalue weighted by atomic mass is 9.90. The van der Waals surface area contributed by atoms with E-state index in [0.29, 0.717) is 11.7 Å². The predicted octanol–water partition coefficient (Wildman–Crippen LogP) is 0.766. The number of hydrogen-bond acceptors (Lipinski definition) is 3. The van der Waals surface area contributed by atoms with Gasteiger partial charge in [0.25, 0.3) is 0 Å². The van der Waals surface area contributed by atoms with E-state index in [0.717, 1.165) is 31.5 Å². The minimum Gasteiger partial charge on any atom is -0.385 e. The van der Waals surface area contributed by atoms with Crippen LogP contribution in [-0.2, 0) is 0 Å². The summed E-state index contributed by atoms with van der Waals surface area (Å²) in [6.45, 7) is 2.19. The minimum atomic E-state index is -0.0936. The summed E-state index contributed by atoms with van der Waals surface area (Å²) < 4.78 is 0. The van der Waals surface area contributed by atoms with Crippen LogP contribution in [0.15, 0.2) is 16.9 Å². The van der Waals surface area contributed by atoms with Crippen molar-refractivity contribution in [2.45, 2.75) is 18.8 Å². The summed E-state index contributed by atoms with van der Waals surface area (Å²) in [6.07, 6.45) is 2.22. The van der Waals surface area contributed by atoms with Gasteiger partial charge < -0.3 is 15.6 Å². The van der Waals surface area contributed by atoms with E-state index in [-0.39, 0.29) is 5.56 Å². The highest BCUT2D eigenvalue weighted by Gasteiger charge is 2.18. The Labute approximate surface area is 89.1 Å². The van der Waals surface area contributed by atoms with E-state index in [1.165, 1.54) is 0 Å². The molecule has 0 unspecified atom stereocenters. The number of nitrogen functional groups attached to an aromatic ring is 1. The Morgan fingerprint density at radius 3 is 2.67 bits per heavy atom. The van der Waals surface area contributed by atoms with Gasteiger partial charge in [-0.25, -0.2) is 0 Å². The Bertz CT molecular complexity index is 391. The number of hydrogen-bond donors (Lipinski definition) is 2. The summed E-state index contributed by atoms with van der Waals surface area (Å²) in [4.78, 5) is 16.2. The molecule has 1 aliphatic heterocycles. The molecule has 0 radical (unpaired) electrons. The van der Waals surface area contributed by atoms with Crippen molar-refractivity contribution in [3.8, 4) is 0 Å². The fraction of sp³-hybridized carbons (Fsp3) is 0.545. The van der Waals surface area contributed by atoms with Gasteiger partial charge in [0.15, 0.2) is 0 Å². The van der Waals surface area contributed by atoms with Crippen molar-refractivity contribution >= 4 is 5.82 Å². The zero-order chi connectivity index (χ0) is 10.8. The zero-order valence-corrected chi connectivity index (χ0v) is 8.99. The molecular formula is C11H17N3O. The van der Waals surface area contributed by atoms with Crippen molar-refractivity contribution in [1.29, 1.82) is 0 Å². The summed E-state index contributed by atoms with van der Waals surface area (Å²) in [5.41, 5.74) is 6.62. The lowest BCUT2D eigenvalue weighted by Crippen LogP contribution is -2.29. The first-order valence-corrected chi connectivity index (χ1v) is 5.33. The Kier molecular flexibility index (Phi) is 2.77. The molecule has 0 aromatic carbocycles. The Morgan fingerprint density at radius 2 is 2.07 bits per heavy atom. The number of nitrogens with one attached hydrogen (secondary N) is 1. The molecule has 0 atom stereocenters. The third-order valence-corrected chi connectivity index (χ3v) is 3.08. The Morgan fingerprint density at radius 1 is 1.40 bits per heavy atom. The van der Waals surface area contributed by atoms with E-state index >= 15 is 0 Å². The van der Waals surface area contributed by atoms with Gasteiger partial charge in [-0.05, 0) is 50.5 Å². The van der Waals surface area contributed by atoms with Crippen molar-refractivity contribution in [2.24, 2.45) is 0 Å². The Hall–Kier alpha value is -1.29. The summed E-state index contributed by atoms with van der Waals surface area (Å²) in [5, 5.41) is 0. The topological polar surface area (TPSA) is 62.1 Å². The molecule has 4 nitrogen and oxygen atoms in total. The van der Waals surface area contributed by atoms with Gasteiger partial charge in [0.1, 0.15) is 5.82 Å². The lowest BCUT2D eigenvalue weighted by Gasteiger charge is -2.29. The molecule has 1 fully saturated rings. The molecule has 15 heavy (non-hydrogen) atoms. The van der Waals surface area contributed by atoms with E-state index in [1.807, 2.05) is 6.07 Å². The van der Waals surface area contributed by atoms with Crippen molar-refractivity contribution in [3.63, 3.8) is 0 Å². The molecule has 82 valence electrons. The SMILES string of the molecule is CN1CCC(c2cc(N)[nH]c(=O)c2)CC1. The van der Waals surface area contributed by atoms with Gasteiger partial charge in [-0.2, -0.15) is 0 Å². The summed E-state index contributed by atoms with van der Waals surface area (Å²) >= 11 is 0. The molecule has 1 aromatic heterocycles. The van der Waals surface area contributed by atoms with Crippen LogP contribution in [0.25, 0.3) is 0 Å². The first-order valence-electron chi connectivity index (χ1n) is 5.33. The van der Waals surface area contributed by atoms with Crippen LogP contribution >= 0.6 is 0 Å². The maximum atomic E-state index is 11.3. The molecule has 2 rings (SSSR count). The molecule has 0 bridgehead atoms. The molecule has 1 aromatic rings. The molecule has 1 saturated heterocycles. The normalized spacial score (nSPS) is 19.3. The summed E-state index contributed by atoms with van der Waals surface area (Å²) in [6, 6.07) is 3.56.